The molecule has 1 aromatic carbocycles. The lowest BCUT2D eigenvalue weighted by Crippen LogP contribution is -2.18. The molecule has 4 nitrogen and oxygen atoms in total. The Hall–Kier alpha value is -0.970. The van der Waals surface area contributed by atoms with Crippen LogP contribution in [0.5, 0.6) is 5.75 Å². The van der Waals surface area contributed by atoms with E-state index in [1.807, 2.05) is 0 Å². The van der Waals surface area contributed by atoms with E-state index in [9.17, 15) is 9.90 Å². The first-order valence-corrected chi connectivity index (χ1v) is 5.88. The minimum atomic E-state index is -0.568. The number of rotatable bonds is 3. The molecular weight excluding hydrogens is 277 g/mol. The minimum Gasteiger partial charge on any atom is -0.489 e. The molecular formula is C12H15Cl2NO3. The Balaban J connectivity index is 0.00000162. The van der Waals surface area contributed by atoms with Crippen LogP contribution in [0.1, 0.15) is 29.6 Å². The van der Waals surface area contributed by atoms with E-state index in [0.717, 1.165) is 12.8 Å². The van der Waals surface area contributed by atoms with Crippen molar-refractivity contribution in [3.05, 3.63) is 28.8 Å². The number of benzene rings is 1. The number of amides is 1. The van der Waals surface area contributed by atoms with Gasteiger partial charge in [-0.1, -0.05) is 11.6 Å². The van der Waals surface area contributed by atoms with Crippen LogP contribution in [0.3, 0.4) is 0 Å². The van der Waals surface area contributed by atoms with Gasteiger partial charge in [0.15, 0.2) is 0 Å². The van der Waals surface area contributed by atoms with Gasteiger partial charge in [0.25, 0.3) is 5.91 Å². The summed E-state index contributed by atoms with van der Waals surface area (Å²) in [5.41, 5.74) is 5.53. The normalized spacial score (nSPS) is 22.3. The number of halogens is 2. The molecule has 1 aliphatic carbocycles. The molecule has 0 heterocycles. The van der Waals surface area contributed by atoms with Gasteiger partial charge in [-0.15, -0.1) is 12.4 Å². The lowest BCUT2D eigenvalue weighted by Gasteiger charge is -2.15. The predicted octanol–water partition coefficient (Wildman–Crippen LogP) is 2.15. The van der Waals surface area contributed by atoms with Crippen LogP contribution in [0.15, 0.2) is 18.2 Å². The monoisotopic (exact) mass is 291 g/mol. The Kier molecular flexibility index (Phi) is 5.26. The van der Waals surface area contributed by atoms with Gasteiger partial charge in [-0.3, -0.25) is 4.79 Å². The number of ether oxygens (including phenoxy) is 1. The lowest BCUT2D eigenvalue weighted by molar-refractivity contribution is 0.0992. The second-order valence-electron chi connectivity index (χ2n) is 4.21. The molecule has 0 saturated heterocycles. The van der Waals surface area contributed by atoms with Crippen molar-refractivity contribution in [2.24, 2.45) is 5.73 Å². The first-order chi connectivity index (χ1) is 8.06. The molecule has 0 bridgehead atoms. The number of aliphatic hydroxyl groups is 1. The van der Waals surface area contributed by atoms with Crippen molar-refractivity contribution in [2.45, 2.75) is 31.5 Å². The van der Waals surface area contributed by atoms with Gasteiger partial charge < -0.3 is 15.6 Å². The summed E-state index contributed by atoms with van der Waals surface area (Å²) in [6, 6.07) is 4.77. The van der Waals surface area contributed by atoms with E-state index in [1.165, 1.54) is 6.07 Å². The maximum Gasteiger partial charge on any atom is 0.252 e. The summed E-state index contributed by atoms with van der Waals surface area (Å²) in [5, 5.41) is 9.85. The van der Waals surface area contributed by atoms with Gasteiger partial charge in [0.1, 0.15) is 11.9 Å². The van der Waals surface area contributed by atoms with Crippen molar-refractivity contribution in [3.8, 4) is 5.75 Å². The summed E-state index contributed by atoms with van der Waals surface area (Å²) in [6.45, 7) is 0. The highest BCUT2D eigenvalue weighted by Crippen LogP contribution is 2.28. The fourth-order valence-corrected chi connectivity index (χ4v) is 2.17. The highest BCUT2D eigenvalue weighted by Gasteiger charge is 2.25. The van der Waals surface area contributed by atoms with E-state index < -0.39 is 5.91 Å². The highest BCUT2D eigenvalue weighted by atomic mass is 35.5. The van der Waals surface area contributed by atoms with Gasteiger partial charge >= 0.3 is 0 Å². The summed E-state index contributed by atoms with van der Waals surface area (Å²) in [6.07, 6.45) is 1.71. The molecule has 2 atom stereocenters. The second kappa shape index (κ2) is 6.27. The fraction of sp³-hybridized carbons (Fsp3) is 0.417. The molecule has 3 N–H and O–H groups in total. The van der Waals surface area contributed by atoms with E-state index >= 15 is 0 Å². The van der Waals surface area contributed by atoms with Gasteiger partial charge in [-0.25, -0.2) is 0 Å². The second-order valence-corrected chi connectivity index (χ2v) is 4.65. The average Bonchev–Trinajstić information content (AvgIpc) is 2.66. The van der Waals surface area contributed by atoms with Crippen LogP contribution in [0.25, 0.3) is 0 Å². The third-order valence-corrected chi connectivity index (χ3v) is 3.09. The molecule has 18 heavy (non-hydrogen) atoms. The molecule has 6 heteroatoms. The Morgan fingerprint density at radius 2 is 2.17 bits per heavy atom. The van der Waals surface area contributed by atoms with Crippen LogP contribution in [-0.4, -0.2) is 23.2 Å². The van der Waals surface area contributed by atoms with Crippen LogP contribution < -0.4 is 10.5 Å². The first-order valence-electron chi connectivity index (χ1n) is 5.50. The first kappa shape index (κ1) is 15.1. The summed E-state index contributed by atoms with van der Waals surface area (Å²) in [5.74, 6) is -0.137. The number of carbonyl (C=O) groups excluding carboxylic acids is 1. The number of primary amides is 1. The standard InChI is InChI=1S/C12H14ClNO3.ClH/c13-7-1-4-11(10(5-7)12(14)16)17-9-3-2-8(15)6-9;/h1,4-5,8-9,15H,2-3,6H2,(H2,14,16);1H. The third kappa shape index (κ3) is 3.51. The van der Waals surface area contributed by atoms with Crippen LogP contribution in [-0.2, 0) is 0 Å². The Morgan fingerprint density at radius 3 is 2.72 bits per heavy atom. The molecule has 2 unspecified atom stereocenters. The van der Waals surface area contributed by atoms with Crippen molar-refractivity contribution >= 4 is 29.9 Å². The average molecular weight is 292 g/mol. The van der Waals surface area contributed by atoms with Gasteiger partial charge in [-0.05, 0) is 31.0 Å². The summed E-state index contributed by atoms with van der Waals surface area (Å²) in [7, 11) is 0. The molecule has 0 radical (unpaired) electrons. The van der Waals surface area contributed by atoms with Crippen molar-refractivity contribution in [2.75, 3.05) is 0 Å². The van der Waals surface area contributed by atoms with Crippen molar-refractivity contribution < 1.29 is 14.6 Å². The summed E-state index contributed by atoms with van der Waals surface area (Å²) < 4.78 is 5.67. The molecule has 0 aromatic heterocycles. The SMILES string of the molecule is Cl.NC(=O)c1cc(Cl)ccc1OC1CCC(O)C1. The number of hydrogen-bond donors (Lipinski definition) is 2. The molecule has 0 aliphatic heterocycles. The van der Waals surface area contributed by atoms with Crippen LogP contribution >= 0.6 is 24.0 Å². The molecule has 2 rings (SSSR count). The molecule has 1 aromatic rings. The smallest absolute Gasteiger partial charge is 0.252 e. The molecule has 1 fully saturated rings. The van der Waals surface area contributed by atoms with Crippen LogP contribution in [0.2, 0.25) is 5.02 Å². The quantitative estimate of drug-likeness (QED) is 0.896. The molecule has 1 aliphatic rings. The van der Waals surface area contributed by atoms with E-state index in [0.29, 0.717) is 17.2 Å². The van der Waals surface area contributed by atoms with Crippen molar-refractivity contribution in [1.29, 1.82) is 0 Å². The molecule has 1 saturated carbocycles. The lowest BCUT2D eigenvalue weighted by atomic mass is 10.2. The minimum absolute atomic E-state index is 0. The van der Waals surface area contributed by atoms with Gasteiger partial charge in [0.2, 0.25) is 0 Å². The largest absolute Gasteiger partial charge is 0.489 e. The number of hydrogen-bond acceptors (Lipinski definition) is 3. The zero-order valence-electron chi connectivity index (χ0n) is 9.64. The van der Waals surface area contributed by atoms with E-state index in [-0.39, 0.29) is 30.2 Å². The maximum absolute atomic E-state index is 11.2. The predicted molar refractivity (Wildman–Crippen MR) is 71.5 cm³/mol. The number of aliphatic hydroxyl groups excluding tert-OH is 1. The summed E-state index contributed by atoms with van der Waals surface area (Å²) >= 11 is 5.80. The number of nitrogens with two attached hydrogens (primary N) is 1. The molecule has 100 valence electrons. The van der Waals surface area contributed by atoms with E-state index in [4.69, 9.17) is 22.1 Å². The molecule has 1 amide bonds. The van der Waals surface area contributed by atoms with Crippen LogP contribution in [0.4, 0.5) is 0 Å². The Bertz CT molecular complexity index is 439. The maximum atomic E-state index is 11.2. The van der Waals surface area contributed by atoms with Crippen molar-refractivity contribution in [3.63, 3.8) is 0 Å². The highest BCUT2D eigenvalue weighted by molar-refractivity contribution is 6.31. The third-order valence-electron chi connectivity index (χ3n) is 2.86. The van der Waals surface area contributed by atoms with Crippen molar-refractivity contribution in [1.82, 2.24) is 0 Å². The fourth-order valence-electron chi connectivity index (χ4n) is 2.00. The van der Waals surface area contributed by atoms with E-state index in [2.05, 4.69) is 0 Å². The number of carbonyl (C=O) groups is 1. The Labute approximate surface area is 116 Å². The topological polar surface area (TPSA) is 72.6 Å². The van der Waals surface area contributed by atoms with E-state index in [1.54, 1.807) is 12.1 Å². The van der Waals surface area contributed by atoms with Crippen LogP contribution in [0, 0.1) is 0 Å². The van der Waals surface area contributed by atoms with Gasteiger partial charge in [-0.2, -0.15) is 0 Å². The zero-order valence-corrected chi connectivity index (χ0v) is 11.2. The summed E-state index contributed by atoms with van der Waals surface area (Å²) in [4.78, 5) is 11.2. The zero-order chi connectivity index (χ0) is 12.4. The Morgan fingerprint density at radius 1 is 1.44 bits per heavy atom. The molecule has 0 spiro atoms. The van der Waals surface area contributed by atoms with Gasteiger partial charge in [0.05, 0.1) is 11.7 Å². The van der Waals surface area contributed by atoms with Gasteiger partial charge in [0, 0.05) is 11.4 Å².